The summed E-state index contributed by atoms with van der Waals surface area (Å²) in [5, 5.41) is 43.1. The first-order chi connectivity index (χ1) is 18.4. The van der Waals surface area contributed by atoms with E-state index >= 15 is 0 Å². The van der Waals surface area contributed by atoms with E-state index in [0.717, 1.165) is 51.4 Å². The fourth-order valence-corrected chi connectivity index (χ4v) is 9.89. The van der Waals surface area contributed by atoms with E-state index in [-0.39, 0.29) is 34.7 Å². The average Bonchev–Trinajstić information content (AvgIpc) is 3.54. The van der Waals surface area contributed by atoms with Gasteiger partial charge in [-0.25, -0.2) is 4.79 Å². The van der Waals surface area contributed by atoms with Gasteiger partial charge in [-0.05, 0) is 81.6 Å². The summed E-state index contributed by atoms with van der Waals surface area (Å²) in [7, 11) is 0. The zero-order valence-electron chi connectivity index (χ0n) is 23.0. The summed E-state index contributed by atoms with van der Waals surface area (Å²) in [5.74, 6) is 0.294. The van der Waals surface area contributed by atoms with Gasteiger partial charge in [0.05, 0.1) is 17.8 Å². The number of epoxide rings is 1. The van der Waals surface area contributed by atoms with Crippen molar-refractivity contribution in [3.63, 3.8) is 0 Å². The minimum absolute atomic E-state index is 0.0376. The molecule has 3 saturated carbocycles. The van der Waals surface area contributed by atoms with Crippen molar-refractivity contribution < 1.29 is 44.2 Å². The van der Waals surface area contributed by atoms with Gasteiger partial charge in [0, 0.05) is 17.4 Å². The predicted octanol–water partition coefficient (Wildman–Crippen LogP) is 2.10. The zero-order chi connectivity index (χ0) is 27.5. The molecule has 5 fully saturated rings. The lowest BCUT2D eigenvalue weighted by molar-refractivity contribution is -0.301. The normalized spacial score (nSPS) is 57.9. The molecule has 9 nitrogen and oxygen atoms in total. The van der Waals surface area contributed by atoms with Crippen molar-refractivity contribution in [3.8, 4) is 0 Å². The Balaban J connectivity index is 1.10. The highest BCUT2D eigenvalue weighted by atomic mass is 16.8. The molecule has 0 bridgehead atoms. The summed E-state index contributed by atoms with van der Waals surface area (Å²) >= 11 is 0. The number of carbonyl (C=O) groups is 1. The summed E-state index contributed by atoms with van der Waals surface area (Å²) in [4.78, 5) is 11.7. The number of carbonyl (C=O) groups excluding carboxylic acids is 1. The maximum Gasteiger partial charge on any atom is 0.332 e. The molecule has 0 amide bonds. The summed E-state index contributed by atoms with van der Waals surface area (Å²) in [6.07, 6.45) is 6.37. The van der Waals surface area contributed by atoms with Gasteiger partial charge in [0.1, 0.15) is 18.3 Å². The number of ether oxygens (including phenoxy) is 4. The van der Waals surface area contributed by atoms with Crippen LogP contribution in [0.15, 0.2) is 23.8 Å². The van der Waals surface area contributed by atoms with Crippen molar-refractivity contribution in [2.24, 2.45) is 28.6 Å². The molecule has 0 aromatic rings. The Morgan fingerprint density at radius 2 is 1.77 bits per heavy atom. The zero-order valence-corrected chi connectivity index (χ0v) is 23.0. The van der Waals surface area contributed by atoms with Gasteiger partial charge in [0.2, 0.25) is 6.29 Å². The first-order valence-corrected chi connectivity index (χ1v) is 14.8. The molecule has 3 aliphatic heterocycles. The molecule has 0 unspecified atom stereocenters. The number of hydrogen-bond donors (Lipinski definition) is 4. The van der Waals surface area contributed by atoms with Crippen molar-refractivity contribution in [1.82, 2.24) is 0 Å². The second-order valence-corrected chi connectivity index (χ2v) is 13.8. The van der Waals surface area contributed by atoms with Crippen molar-refractivity contribution in [2.45, 2.75) is 126 Å². The van der Waals surface area contributed by atoms with Crippen LogP contribution in [0.1, 0.15) is 72.1 Å². The molecule has 9 heteroatoms. The van der Waals surface area contributed by atoms with Gasteiger partial charge in [-0.1, -0.05) is 25.5 Å². The van der Waals surface area contributed by atoms with Crippen LogP contribution in [0, 0.1) is 28.6 Å². The Bertz CT molecular complexity index is 1110. The molecule has 7 rings (SSSR count). The van der Waals surface area contributed by atoms with Gasteiger partial charge in [-0.15, -0.1) is 0 Å². The molecule has 0 aromatic carbocycles. The largest absolute Gasteiger partial charge is 0.429 e. The van der Waals surface area contributed by atoms with Gasteiger partial charge in [0.15, 0.2) is 11.9 Å². The topological polar surface area (TPSA) is 138 Å². The fraction of sp³-hybridized carbons (Fsp3) is 0.833. The van der Waals surface area contributed by atoms with Crippen molar-refractivity contribution in [2.75, 3.05) is 0 Å². The third kappa shape index (κ3) is 3.53. The maximum atomic E-state index is 12.5. The first-order valence-electron chi connectivity index (χ1n) is 14.8. The lowest BCUT2D eigenvalue weighted by Gasteiger charge is -2.62. The Morgan fingerprint density at radius 3 is 2.54 bits per heavy atom. The number of esters is 1. The van der Waals surface area contributed by atoms with Crippen LogP contribution >= 0.6 is 0 Å². The van der Waals surface area contributed by atoms with E-state index in [1.54, 1.807) is 6.92 Å². The van der Waals surface area contributed by atoms with E-state index in [1.807, 2.05) is 6.08 Å². The molecule has 216 valence electrons. The molecule has 0 aromatic heterocycles. The van der Waals surface area contributed by atoms with E-state index in [0.29, 0.717) is 5.92 Å². The van der Waals surface area contributed by atoms with E-state index in [4.69, 9.17) is 18.9 Å². The van der Waals surface area contributed by atoms with Crippen LogP contribution in [0.5, 0.6) is 0 Å². The maximum absolute atomic E-state index is 12.5. The molecule has 4 aliphatic carbocycles. The number of hydrogen-bond acceptors (Lipinski definition) is 9. The van der Waals surface area contributed by atoms with Crippen LogP contribution in [0.2, 0.25) is 0 Å². The number of aliphatic hydroxyl groups is 4. The Hall–Kier alpha value is -1.33. The molecule has 4 N–H and O–H groups in total. The van der Waals surface area contributed by atoms with Crippen LogP contribution in [-0.4, -0.2) is 80.7 Å². The molecule has 3 heterocycles. The molecule has 2 saturated heterocycles. The van der Waals surface area contributed by atoms with Gasteiger partial charge in [-0.3, -0.25) is 0 Å². The van der Waals surface area contributed by atoms with Gasteiger partial charge >= 0.3 is 5.97 Å². The van der Waals surface area contributed by atoms with Crippen molar-refractivity contribution in [1.29, 1.82) is 0 Å². The smallest absolute Gasteiger partial charge is 0.332 e. The number of fused-ring (bicyclic) bond motifs is 6. The molecule has 0 spiro atoms. The monoisotopic (exact) mass is 546 g/mol. The Morgan fingerprint density at radius 1 is 0.974 bits per heavy atom. The molecule has 14 atom stereocenters. The van der Waals surface area contributed by atoms with Crippen molar-refractivity contribution >= 4 is 5.97 Å². The van der Waals surface area contributed by atoms with Crippen LogP contribution in [0.4, 0.5) is 0 Å². The first kappa shape index (κ1) is 26.6. The second kappa shape index (κ2) is 8.60. The summed E-state index contributed by atoms with van der Waals surface area (Å²) in [5.41, 5.74) is -0.385. The molecule has 39 heavy (non-hydrogen) atoms. The average molecular weight is 547 g/mol. The molecule has 7 aliphatic rings. The lowest BCUT2D eigenvalue weighted by Crippen LogP contribution is -2.62. The summed E-state index contributed by atoms with van der Waals surface area (Å²) < 4.78 is 23.3. The predicted molar refractivity (Wildman–Crippen MR) is 137 cm³/mol. The molecule has 0 radical (unpaired) electrons. The van der Waals surface area contributed by atoms with E-state index < -0.39 is 48.2 Å². The van der Waals surface area contributed by atoms with Crippen LogP contribution in [0.25, 0.3) is 0 Å². The highest BCUT2D eigenvalue weighted by Crippen LogP contribution is 2.72. The molecular weight excluding hydrogens is 504 g/mol. The standard InChI is InChI=1S/C30H42O9/c1-15-22(32)23(33)24(34)25(36-15)37-17-6-10-27(2)16(14-17)4-5-19-18(27)7-11-28(3)20(8-13-30(19,28)35)29-12-9-21(31)38-26(29)39-29/h9,12,14-15,17-20,22-26,32-35H,4-8,10-11,13H2,1-3H3/t15-,17-,18-,19+,20-,22-,23+,24+,25-,26-,27-,28+,29+,30-/m0/s1. The third-order valence-electron chi connectivity index (χ3n) is 12.2. The number of rotatable bonds is 3. The minimum Gasteiger partial charge on any atom is -0.429 e. The summed E-state index contributed by atoms with van der Waals surface area (Å²) in [6, 6.07) is 0. The summed E-state index contributed by atoms with van der Waals surface area (Å²) in [6.45, 7) is 6.24. The quantitative estimate of drug-likeness (QED) is 0.238. The highest BCUT2D eigenvalue weighted by Gasteiger charge is 2.75. The van der Waals surface area contributed by atoms with Gasteiger partial charge in [0.25, 0.3) is 0 Å². The van der Waals surface area contributed by atoms with Crippen molar-refractivity contribution in [3.05, 3.63) is 23.8 Å². The minimum atomic E-state index is -1.31. The van der Waals surface area contributed by atoms with Crippen LogP contribution in [0.3, 0.4) is 0 Å². The second-order valence-electron chi connectivity index (χ2n) is 13.8. The fourth-order valence-electron chi connectivity index (χ4n) is 9.89. The Labute approximate surface area is 229 Å². The number of allylic oxidation sites excluding steroid dienone is 1. The Kier molecular flexibility index (Phi) is 5.85. The lowest BCUT2D eigenvalue weighted by atomic mass is 9.44. The SMILES string of the molecule is C[C@@H]1O[C@@H](O[C@@H]2C=C3CC[C@@H]4[C@H](CC[C@]5(C)[C@@H]([C@]67C=CC(=O)O[C@H]6O7)CC[C@]45O)[C@@]3(C)CC2)[C@H](O)[C@H](O)[C@H]1O. The van der Waals surface area contributed by atoms with Crippen LogP contribution < -0.4 is 0 Å². The number of aliphatic hydroxyl groups excluding tert-OH is 3. The van der Waals surface area contributed by atoms with Crippen LogP contribution in [-0.2, 0) is 23.7 Å². The highest BCUT2D eigenvalue weighted by molar-refractivity contribution is 5.84. The molecular formula is C30H42O9. The third-order valence-corrected chi connectivity index (χ3v) is 12.2. The van der Waals surface area contributed by atoms with Gasteiger partial charge < -0.3 is 39.4 Å². The van der Waals surface area contributed by atoms with E-state index in [1.165, 1.54) is 11.6 Å². The van der Waals surface area contributed by atoms with E-state index in [9.17, 15) is 25.2 Å². The van der Waals surface area contributed by atoms with E-state index in [2.05, 4.69) is 19.9 Å². The van der Waals surface area contributed by atoms with Gasteiger partial charge in [-0.2, -0.15) is 0 Å².